The molecular formula is C18H18N6O3S2. The first kappa shape index (κ1) is 19.5. The third-order valence-electron chi connectivity index (χ3n) is 4.25. The van der Waals surface area contributed by atoms with Gasteiger partial charge in [0.2, 0.25) is 5.16 Å². The molecule has 0 aliphatic heterocycles. The minimum atomic E-state index is -0.435. The van der Waals surface area contributed by atoms with Crippen LogP contribution in [0.1, 0.15) is 39.4 Å². The Balaban J connectivity index is 1.62. The molecule has 150 valence electrons. The van der Waals surface area contributed by atoms with Gasteiger partial charge in [-0.05, 0) is 39.3 Å². The molecule has 1 N–H and O–H groups in total. The Morgan fingerprint density at radius 1 is 1.28 bits per heavy atom. The molecule has 0 radical (unpaired) electrons. The molecule has 0 fully saturated rings. The van der Waals surface area contributed by atoms with Gasteiger partial charge in [-0.2, -0.15) is 4.98 Å². The molecule has 0 saturated carbocycles. The van der Waals surface area contributed by atoms with Crippen molar-refractivity contribution < 1.29 is 9.53 Å². The molecule has 11 heteroatoms. The number of esters is 1. The van der Waals surface area contributed by atoms with E-state index in [2.05, 4.69) is 25.0 Å². The first-order chi connectivity index (χ1) is 13.9. The van der Waals surface area contributed by atoms with Crippen LogP contribution in [0.15, 0.2) is 16.0 Å². The fourth-order valence-corrected chi connectivity index (χ4v) is 4.77. The quantitative estimate of drug-likeness (QED) is 0.380. The highest BCUT2D eigenvalue weighted by molar-refractivity contribution is 7.98. The van der Waals surface area contributed by atoms with Crippen molar-refractivity contribution in [3.05, 3.63) is 44.1 Å². The number of carbonyl (C=O) groups excluding carboxylic acids is 1. The van der Waals surface area contributed by atoms with Crippen LogP contribution >= 0.6 is 23.1 Å². The van der Waals surface area contributed by atoms with Gasteiger partial charge in [-0.3, -0.25) is 4.79 Å². The van der Waals surface area contributed by atoms with Gasteiger partial charge in [0.25, 0.3) is 11.3 Å². The Labute approximate surface area is 173 Å². The van der Waals surface area contributed by atoms with Crippen LogP contribution in [-0.4, -0.2) is 42.1 Å². The fourth-order valence-electron chi connectivity index (χ4n) is 2.99. The number of aromatic nitrogens is 6. The molecule has 0 aromatic carbocycles. The second-order valence-electron chi connectivity index (χ2n) is 6.40. The smallest absolute Gasteiger partial charge is 0.348 e. The number of thiophene rings is 1. The predicted octanol–water partition coefficient (Wildman–Crippen LogP) is 2.82. The van der Waals surface area contributed by atoms with Gasteiger partial charge in [0.1, 0.15) is 15.5 Å². The number of carbonyl (C=O) groups is 1. The molecule has 0 unspecified atom stereocenters. The fraction of sp³-hybridized carbons (Fsp3) is 0.333. The molecule has 0 aliphatic carbocycles. The summed E-state index contributed by atoms with van der Waals surface area (Å²) in [7, 11) is 0. The third-order valence-corrected chi connectivity index (χ3v) is 6.26. The monoisotopic (exact) mass is 430 g/mol. The van der Waals surface area contributed by atoms with Crippen molar-refractivity contribution in [1.29, 1.82) is 0 Å². The lowest BCUT2D eigenvalue weighted by molar-refractivity contribution is 0.0531. The van der Waals surface area contributed by atoms with Gasteiger partial charge in [-0.25, -0.2) is 19.3 Å². The summed E-state index contributed by atoms with van der Waals surface area (Å²) in [5, 5.41) is 5.41. The van der Waals surface area contributed by atoms with Crippen LogP contribution in [-0.2, 0) is 10.5 Å². The van der Waals surface area contributed by atoms with Crippen LogP contribution in [0.5, 0.6) is 0 Å². The molecule has 0 atom stereocenters. The van der Waals surface area contributed by atoms with E-state index in [1.165, 1.54) is 23.1 Å². The van der Waals surface area contributed by atoms with Crippen LogP contribution in [0, 0.1) is 20.8 Å². The van der Waals surface area contributed by atoms with Gasteiger partial charge in [-0.1, -0.05) is 11.8 Å². The number of H-pyrrole nitrogens is 1. The summed E-state index contributed by atoms with van der Waals surface area (Å²) < 4.78 is 6.75. The van der Waals surface area contributed by atoms with Gasteiger partial charge < -0.3 is 9.72 Å². The molecule has 0 amide bonds. The molecule has 9 nitrogen and oxygen atoms in total. The zero-order valence-corrected chi connectivity index (χ0v) is 17.9. The van der Waals surface area contributed by atoms with E-state index in [0.29, 0.717) is 43.2 Å². The summed E-state index contributed by atoms with van der Waals surface area (Å²) in [6.07, 6.45) is 0. The lowest BCUT2D eigenvalue weighted by Crippen LogP contribution is -2.11. The maximum Gasteiger partial charge on any atom is 0.348 e. The van der Waals surface area contributed by atoms with E-state index in [9.17, 15) is 9.59 Å². The van der Waals surface area contributed by atoms with E-state index < -0.39 is 5.97 Å². The zero-order chi connectivity index (χ0) is 20.7. The van der Waals surface area contributed by atoms with Gasteiger partial charge in [0.15, 0.2) is 0 Å². The van der Waals surface area contributed by atoms with Crippen molar-refractivity contribution in [2.24, 2.45) is 0 Å². The average Bonchev–Trinajstić information content (AvgIpc) is 3.21. The molecule has 0 aliphatic rings. The summed E-state index contributed by atoms with van der Waals surface area (Å²) in [5.74, 6) is 0.973. The largest absolute Gasteiger partial charge is 0.462 e. The highest BCUT2D eigenvalue weighted by Gasteiger charge is 2.20. The number of aromatic amines is 1. The standard InChI is InChI=1S/C18H18N6O3S2/c1-5-27-16(26)13-10(4)12-14(25)20-11(21-15(12)29-13)7-28-18-22-17-19-8(2)6-9(3)24(17)23-18/h6H,5,7H2,1-4H3,(H,20,21,25). The molecular weight excluding hydrogens is 412 g/mol. The predicted molar refractivity (Wildman–Crippen MR) is 111 cm³/mol. The normalized spacial score (nSPS) is 11.4. The Hall–Kier alpha value is -2.79. The molecule has 0 saturated heterocycles. The van der Waals surface area contributed by atoms with E-state index in [-0.39, 0.29) is 12.2 Å². The van der Waals surface area contributed by atoms with Crippen molar-refractivity contribution in [2.75, 3.05) is 6.61 Å². The summed E-state index contributed by atoms with van der Waals surface area (Å²) in [4.78, 5) is 41.7. The summed E-state index contributed by atoms with van der Waals surface area (Å²) in [6, 6.07) is 1.93. The van der Waals surface area contributed by atoms with Crippen molar-refractivity contribution in [3.63, 3.8) is 0 Å². The van der Waals surface area contributed by atoms with Crippen LogP contribution in [0.3, 0.4) is 0 Å². The minimum absolute atomic E-state index is 0.272. The van der Waals surface area contributed by atoms with E-state index in [0.717, 1.165) is 11.4 Å². The lowest BCUT2D eigenvalue weighted by atomic mass is 10.2. The second kappa shape index (κ2) is 7.56. The van der Waals surface area contributed by atoms with E-state index in [4.69, 9.17) is 4.74 Å². The highest BCUT2D eigenvalue weighted by atomic mass is 32.2. The Morgan fingerprint density at radius 2 is 2.07 bits per heavy atom. The van der Waals surface area contributed by atoms with Gasteiger partial charge in [0, 0.05) is 11.4 Å². The minimum Gasteiger partial charge on any atom is -0.462 e. The molecule has 0 spiro atoms. The van der Waals surface area contributed by atoms with Crippen molar-refractivity contribution >= 4 is 45.1 Å². The summed E-state index contributed by atoms with van der Waals surface area (Å²) in [5.41, 5.74) is 2.14. The van der Waals surface area contributed by atoms with E-state index >= 15 is 0 Å². The summed E-state index contributed by atoms with van der Waals surface area (Å²) in [6.45, 7) is 7.60. The maximum absolute atomic E-state index is 12.6. The van der Waals surface area contributed by atoms with Crippen molar-refractivity contribution in [2.45, 2.75) is 38.6 Å². The van der Waals surface area contributed by atoms with Gasteiger partial charge in [-0.15, -0.1) is 16.4 Å². The Kier molecular flexibility index (Phi) is 5.09. The molecule has 4 aromatic rings. The molecule has 4 heterocycles. The SMILES string of the molecule is CCOC(=O)c1sc2nc(CSc3nc4nc(C)cc(C)n4n3)[nH]c(=O)c2c1C. The number of nitrogens with one attached hydrogen (secondary N) is 1. The van der Waals surface area contributed by atoms with E-state index in [1.807, 2.05) is 19.9 Å². The first-order valence-corrected chi connectivity index (χ1v) is 10.7. The number of hydrogen-bond donors (Lipinski definition) is 1. The Bertz CT molecular complexity index is 1310. The van der Waals surface area contributed by atoms with Crippen LogP contribution in [0.2, 0.25) is 0 Å². The van der Waals surface area contributed by atoms with Crippen LogP contribution in [0.4, 0.5) is 0 Å². The van der Waals surface area contributed by atoms with Gasteiger partial charge in [0.05, 0.1) is 17.7 Å². The lowest BCUT2D eigenvalue weighted by Gasteiger charge is -1.99. The zero-order valence-electron chi connectivity index (χ0n) is 16.3. The second-order valence-corrected chi connectivity index (χ2v) is 8.34. The van der Waals surface area contributed by atoms with Crippen molar-refractivity contribution in [3.8, 4) is 0 Å². The summed E-state index contributed by atoms with van der Waals surface area (Å²) >= 11 is 2.52. The van der Waals surface area contributed by atoms with Gasteiger partial charge >= 0.3 is 5.97 Å². The average molecular weight is 431 g/mol. The molecule has 4 aromatic heterocycles. The molecule has 29 heavy (non-hydrogen) atoms. The van der Waals surface area contributed by atoms with E-state index in [1.54, 1.807) is 18.4 Å². The maximum atomic E-state index is 12.6. The molecule has 4 rings (SSSR count). The molecule has 0 bridgehead atoms. The topological polar surface area (TPSA) is 115 Å². The number of nitrogens with zero attached hydrogens (tertiary/aromatic N) is 5. The Morgan fingerprint density at radius 3 is 2.83 bits per heavy atom. The van der Waals surface area contributed by atoms with Crippen LogP contribution in [0.25, 0.3) is 16.0 Å². The van der Waals surface area contributed by atoms with Crippen LogP contribution < -0.4 is 5.56 Å². The first-order valence-electron chi connectivity index (χ1n) is 8.90. The highest BCUT2D eigenvalue weighted by Crippen LogP contribution is 2.28. The number of rotatable bonds is 5. The number of ether oxygens (including phenoxy) is 1. The third kappa shape index (κ3) is 3.62. The van der Waals surface area contributed by atoms with Crippen molar-refractivity contribution in [1.82, 2.24) is 29.5 Å². The number of thioether (sulfide) groups is 1. The number of hydrogen-bond acceptors (Lipinski definition) is 9. The number of aryl methyl sites for hydroxylation is 3. The number of fused-ring (bicyclic) bond motifs is 2.